The van der Waals surface area contributed by atoms with Crippen LogP contribution in [0.25, 0.3) is 0 Å². The second kappa shape index (κ2) is 7.40. The predicted molar refractivity (Wildman–Crippen MR) is 76.4 cm³/mol. The number of hydrogen-bond donors (Lipinski definition) is 1. The zero-order valence-corrected chi connectivity index (χ0v) is 12.8. The molecule has 0 saturated heterocycles. The van der Waals surface area contributed by atoms with Gasteiger partial charge in [-0.3, -0.25) is 4.79 Å². The van der Waals surface area contributed by atoms with E-state index in [0.29, 0.717) is 0 Å². The zero-order chi connectivity index (χ0) is 12.7. The zero-order valence-electron chi connectivity index (χ0n) is 11.2. The summed E-state index contributed by atoms with van der Waals surface area (Å²) in [5, 5.41) is 4.14. The molecule has 0 radical (unpaired) electrons. The maximum Gasteiger partial charge on any atom is 0.223 e. The lowest BCUT2D eigenvalue weighted by Crippen LogP contribution is -2.37. The van der Waals surface area contributed by atoms with Crippen LogP contribution >= 0.6 is 15.9 Å². The number of hydrogen-bond acceptors (Lipinski definition) is 1. The van der Waals surface area contributed by atoms with Crippen LogP contribution in [-0.4, -0.2) is 17.8 Å². The molecule has 1 N–H and O–H groups in total. The molecule has 0 aromatic heterocycles. The van der Waals surface area contributed by atoms with Gasteiger partial charge < -0.3 is 5.32 Å². The molecule has 0 aliphatic heterocycles. The molecule has 3 heteroatoms. The molecule has 1 amide bonds. The molecule has 0 aromatic rings. The van der Waals surface area contributed by atoms with E-state index in [-0.39, 0.29) is 17.2 Å². The first-order chi connectivity index (χ1) is 8.05. The number of alkyl halides is 1. The quantitative estimate of drug-likeness (QED) is 0.606. The van der Waals surface area contributed by atoms with Crippen LogP contribution in [0, 0.1) is 11.3 Å². The molecule has 0 atom stereocenters. The average molecular weight is 304 g/mol. The molecule has 0 unspecified atom stereocenters. The van der Waals surface area contributed by atoms with E-state index in [4.69, 9.17) is 0 Å². The first-order valence-electron chi connectivity index (χ1n) is 6.89. The van der Waals surface area contributed by atoms with Gasteiger partial charge in [0.25, 0.3) is 0 Å². The van der Waals surface area contributed by atoms with E-state index in [9.17, 15) is 4.79 Å². The fourth-order valence-electron chi connectivity index (χ4n) is 2.36. The van der Waals surface area contributed by atoms with E-state index in [1.165, 1.54) is 25.7 Å². The highest BCUT2D eigenvalue weighted by atomic mass is 79.9. The topological polar surface area (TPSA) is 29.1 Å². The molecule has 1 aliphatic carbocycles. The molecule has 0 heterocycles. The monoisotopic (exact) mass is 303 g/mol. The molecule has 17 heavy (non-hydrogen) atoms. The SMILES string of the molecule is CC(C)(CCBr)CNC(=O)C1CCCCCC1. The largest absolute Gasteiger partial charge is 0.355 e. The summed E-state index contributed by atoms with van der Waals surface area (Å²) < 4.78 is 0. The van der Waals surface area contributed by atoms with E-state index in [1.807, 2.05) is 0 Å². The van der Waals surface area contributed by atoms with Gasteiger partial charge in [-0.2, -0.15) is 0 Å². The summed E-state index contributed by atoms with van der Waals surface area (Å²) in [4.78, 5) is 12.1. The lowest BCUT2D eigenvalue weighted by molar-refractivity contribution is -0.125. The Kier molecular flexibility index (Phi) is 6.53. The van der Waals surface area contributed by atoms with Crippen molar-refractivity contribution in [1.82, 2.24) is 5.32 Å². The molecule has 0 spiro atoms. The van der Waals surface area contributed by atoms with Gasteiger partial charge in [-0.25, -0.2) is 0 Å². The number of carbonyl (C=O) groups excluding carboxylic acids is 1. The van der Waals surface area contributed by atoms with Crippen molar-refractivity contribution < 1.29 is 4.79 Å². The van der Waals surface area contributed by atoms with Crippen molar-refractivity contribution >= 4 is 21.8 Å². The maximum atomic E-state index is 12.1. The van der Waals surface area contributed by atoms with Crippen LogP contribution in [0.4, 0.5) is 0 Å². The fourth-order valence-corrected chi connectivity index (χ4v) is 3.43. The fraction of sp³-hybridized carbons (Fsp3) is 0.929. The summed E-state index contributed by atoms with van der Waals surface area (Å²) in [6.07, 6.45) is 8.33. The highest BCUT2D eigenvalue weighted by molar-refractivity contribution is 9.09. The first kappa shape index (κ1) is 15.0. The van der Waals surface area contributed by atoms with Crippen LogP contribution in [0.2, 0.25) is 0 Å². The smallest absolute Gasteiger partial charge is 0.223 e. The third-order valence-corrected chi connectivity index (χ3v) is 4.13. The standard InChI is InChI=1S/C14H26BrNO/c1-14(2,9-10-15)11-16-13(17)12-7-5-3-4-6-8-12/h12H,3-11H2,1-2H3,(H,16,17). The minimum Gasteiger partial charge on any atom is -0.355 e. The second-order valence-corrected chi connectivity index (χ2v) is 6.80. The van der Waals surface area contributed by atoms with Crippen molar-refractivity contribution in [2.45, 2.75) is 58.8 Å². The van der Waals surface area contributed by atoms with E-state index in [2.05, 4.69) is 35.1 Å². The molecule has 2 nitrogen and oxygen atoms in total. The number of rotatable bonds is 5. The van der Waals surface area contributed by atoms with Crippen molar-refractivity contribution in [2.75, 3.05) is 11.9 Å². The molecule has 1 fully saturated rings. The van der Waals surface area contributed by atoms with Crippen molar-refractivity contribution in [3.63, 3.8) is 0 Å². The van der Waals surface area contributed by atoms with Crippen LogP contribution in [0.15, 0.2) is 0 Å². The van der Waals surface area contributed by atoms with Crippen molar-refractivity contribution in [2.24, 2.45) is 11.3 Å². The molecule has 0 bridgehead atoms. The highest BCUT2D eigenvalue weighted by Gasteiger charge is 2.23. The van der Waals surface area contributed by atoms with E-state index in [0.717, 1.165) is 31.1 Å². The summed E-state index contributed by atoms with van der Waals surface area (Å²) >= 11 is 3.47. The van der Waals surface area contributed by atoms with Crippen LogP contribution in [0.5, 0.6) is 0 Å². The number of halogens is 1. The van der Waals surface area contributed by atoms with Gasteiger partial charge >= 0.3 is 0 Å². The van der Waals surface area contributed by atoms with E-state index < -0.39 is 0 Å². The Morgan fingerprint density at radius 2 is 1.82 bits per heavy atom. The van der Waals surface area contributed by atoms with E-state index >= 15 is 0 Å². The number of nitrogens with one attached hydrogen (secondary N) is 1. The Labute approximate surface area is 114 Å². The van der Waals surface area contributed by atoms with Crippen molar-refractivity contribution in [3.8, 4) is 0 Å². The minimum atomic E-state index is 0.198. The lowest BCUT2D eigenvalue weighted by Gasteiger charge is -2.25. The third-order valence-electron chi connectivity index (χ3n) is 3.74. The number of carbonyl (C=O) groups is 1. The second-order valence-electron chi connectivity index (χ2n) is 6.01. The van der Waals surface area contributed by atoms with Gasteiger partial charge in [0, 0.05) is 17.8 Å². The summed E-state index contributed by atoms with van der Waals surface area (Å²) in [6, 6.07) is 0. The minimum absolute atomic E-state index is 0.198. The van der Waals surface area contributed by atoms with Crippen LogP contribution in [-0.2, 0) is 4.79 Å². The van der Waals surface area contributed by atoms with Crippen molar-refractivity contribution in [3.05, 3.63) is 0 Å². The molecule has 1 aliphatic rings. The van der Waals surface area contributed by atoms with Crippen LogP contribution in [0.3, 0.4) is 0 Å². The van der Waals surface area contributed by atoms with E-state index in [1.54, 1.807) is 0 Å². The van der Waals surface area contributed by atoms with Gasteiger partial charge in [-0.1, -0.05) is 55.5 Å². The van der Waals surface area contributed by atoms with Gasteiger partial charge in [-0.05, 0) is 24.7 Å². The molecular formula is C14H26BrNO. The summed E-state index contributed by atoms with van der Waals surface area (Å²) in [5.74, 6) is 0.562. The Morgan fingerprint density at radius 3 is 2.35 bits per heavy atom. The van der Waals surface area contributed by atoms with Gasteiger partial charge in [0.2, 0.25) is 5.91 Å². The molecule has 1 saturated carbocycles. The van der Waals surface area contributed by atoms with Gasteiger partial charge in [0.15, 0.2) is 0 Å². The Bertz CT molecular complexity index is 232. The molecular weight excluding hydrogens is 278 g/mol. The molecule has 1 rings (SSSR count). The number of amides is 1. The van der Waals surface area contributed by atoms with Crippen LogP contribution in [0.1, 0.15) is 58.8 Å². The first-order valence-corrected chi connectivity index (χ1v) is 8.01. The van der Waals surface area contributed by atoms with Gasteiger partial charge in [-0.15, -0.1) is 0 Å². The lowest BCUT2D eigenvalue weighted by atomic mass is 9.90. The predicted octanol–water partition coefficient (Wildman–Crippen LogP) is 3.88. The van der Waals surface area contributed by atoms with Gasteiger partial charge in [0.1, 0.15) is 0 Å². The summed E-state index contributed by atoms with van der Waals surface area (Å²) in [7, 11) is 0. The summed E-state index contributed by atoms with van der Waals surface area (Å²) in [6.45, 7) is 5.22. The Morgan fingerprint density at radius 1 is 1.24 bits per heavy atom. The average Bonchev–Trinajstić information content (AvgIpc) is 2.54. The Hall–Kier alpha value is -0.0500. The molecule has 0 aromatic carbocycles. The van der Waals surface area contributed by atoms with Crippen LogP contribution < -0.4 is 5.32 Å². The molecule has 100 valence electrons. The summed E-state index contributed by atoms with van der Waals surface area (Å²) in [5.41, 5.74) is 0.198. The van der Waals surface area contributed by atoms with Gasteiger partial charge in [0.05, 0.1) is 0 Å². The Balaban J connectivity index is 2.32. The highest BCUT2D eigenvalue weighted by Crippen LogP contribution is 2.24. The maximum absolute atomic E-state index is 12.1. The van der Waals surface area contributed by atoms with Crippen molar-refractivity contribution in [1.29, 1.82) is 0 Å². The third kappa shape index (κ3) is 5.89. The normalized spacial score (nSPS) is 18.8.